The van der Waals surface area contributed by atoms with Crippen LogP contribution in [0.2, 0.25) is 0 Å². The summed E-state index contributed by atoms with van der Waals surface area (Å²) >= 11 is 0. The summed E-state index contributed by atoms with van der Waals surface area (Å²) < 4.78 is 28.2. The minimum atomic E-state index is -3.57. The molecule has 0 amide bonds. The minimum Gasteiger partial charge on any atom is -0.339 e. The van der Waals surface area contributed by atoms with Crippen molar-refractivity contribution >= 4 is 10.0 Å². The number of nitrogens with two attached hydrogens (primary N) is 1. The highest BCUT2D eigenvalue weighted by molar-refractivity contribution is 7.89. The zero-order chi connectivity index (χ0) is 15.0. The average Bonchev–Trinajstić information content (AvgIpc) is 3.07. The van der Waals surface area contributed by atoms with E-state index in [0.717, 1.165) is 5.56 Å². The van der Waals surface area contributed by atoms with Crippen LogP contribution in [0.1, 0.15) is 11.5 Å². The third-order valence-electron chi connectivity index (χ3n) is 3.84. The van der Waals surface area contributed by atoms with Crippen LogP contribution in [-0.4, -0.2) is 41.4 Å². The molecule has 1 aliphatic heterocycles. The molecule has 1 fully saturated rings. The fourth-order valence-corrected chi connectivity index (χ4v) is 4.16. The van der Waals surface area contributed by atoms with Gasteiger partial charge in [0.25, 0.3) is 10.0 Å². The molecular weight excluding hydrogens is 288 g/mol. The Kier molecular flexibility index (Phi) is 3.56. The zero-order valence-electron chi connectivity index (χ0n) is 11.8. The molecule has 2 atom stereocenters. The Labute approximate surface area is 124 Å². The number of hydrogen-bond donors (Lipinski definition) is 1. The van der Waals surface area contributed by atoms with Gasteiger partial charge >= 0.3 is 0 Å². The van der Waals surface area contributed by atoms with E-state index in [9.17, 15) is 8.42 Å². The number of nitrogens with zero attached hydrogens (tertiary/aromatic N) is 3. The van der Waals surface area contributed by atoms with Crippen LogP contribution in [-0.2, 0) is 17.1 Å². The second-order valence-corrected chi connectivity index (χ2v) is 7.27. The first-order valence-electron chi connectivity index (χ1n) is 6.77. The molecule has 0 unspecified atom stereocenters. The lowest BCUT2D eigenvalue weighted by molar-refractivity contribution is 0.467. The van der Waals surface area contributed by atoms with E-state index in [1.165, 1.54) is 16.8 Å². The summed E-state index contributed by atoms with van der Waals surface area (Å²) in [6, 6.07) is 9.59. The highest BCUT2D eigenvalue weighted by Crippen LogP contribution is 2.29. The summed E-state index contributed by atoms with van der Waals surface area (Å²) in [6.07, 6.45) is 2.99. The number of aromatic nitrogens is 2. The number of benzene rings is 1. The summed E-state index contributed by atoms with van der Waals surface area (Å²) in [5, 5.41) is 0.0749. The summed E-state index contributed by atoms with van der Waals surface area (Å²) in [4.78, 5) is 3.95. The quantitative estimate of drug-likeness (QED) is 0.897. The van der Waals surface area contributed by atoms with Gasteiger partial charge in [0.05, 0.1) is 6.33 Å². The number of rotatable bonds is 3. The minimum absolute atomic E-state index is 0.0182. The van der Waals surface area contributed by atoms with E-state index in [0.29, 0.717) is 13.1 Å². The van der Waals surface area contributed by atoms with E-state index in [4.69, 9.17) is 5.73 Å². The second-order valence-electron chi connectivity index (χ2n) is 5.38. The van der Waals surface area contributed by atoms with Crippen molar-refractivity contribution in [2.75, 3.05) is 13.1 Å². The summed E-state index contributed by atoms with van der Waals surface area (Å²) in [6.45, 7) is 0.711. The van der Waals surface area contributed by atoms with Crippen LogP contribution in [0.5, 0.6) is 0 Å². The van der Waals surface area contributed by atoms with Gasteiger partial charge in [-0.2, -0.15) is 4.31 Å². The predicted octanol–water partition coefficient (Wildman–Crippen LogP) is 0.536. The maximum atomic E-state index is 12.6. The van der Waals surface area contributed by atoms with Crippen LogP contribution < -0.4 is 5.73 Å². The average molecular weight is 306 g/mol. The van der Waals surface area contributed by atoms with Gasteiger partial charge in [-0.1, -0.05) is 30.3 Å². The Morgan fingerprint density at radius 2 is 1.95 bits per heavy atom. The molecule has 0 aliphatic carbocycles. The molecule has 6 nitrogen and oxygen atoms in total. The number of hydrogen-bond acceptors (Lipinski definition) is 4. The molecule has 0 radical (unpaired) electrons. The van der Waals surface area contributed by atoms with Crippen LogP contribution in [0.3, 0.4) is 0 Å². The fourth-order valence-electron chi connectivity index (χ4n) is 2.70. The Morgan fingerprint density at radius 1 is 1.24 bits per heavy atom. The largest absolute Gasteiger partial charge is 0.339 e. The van der Waals surface area contributed by atoms with Gasteiger partial charge in [0.15, 0.2) is 5.03 Å². The van der Waals surface area contributed by atoms with E-state index in [1.807, 2.05) is 30.3 Å². The van der Waals surface area contributed by atoms with Crippen molar-refractivity contribution in [3.05, 3.63) is 48.4 Å². The van der Waals surface area contributed by atoms with Crippen LogP contribution in [0.25, 0.3) is 0 Å². The Morgan fingerprint density at radius 3 is 2.57 bits per heavy atom. The van der Waals surface area contributed by atoms with Crippen LogP contribution >= 0.6 is 0 Å². The van der Waals surface area contributed by atoms with Crippen molar-refractivity contribution in [1.29, 1.82) is 0 Å². The second kappa shape index (κ2) is 5.25. The molecule has 7 heteroatoms. The number of imidazole rings is 1. The number of aryl methyl sites for hydroxylation is 1. The molecule has 112 valence electrons. The van der Waals surface area contributed by atoms with Crippen molar-refractivity contribution < 1.29 is 8.42 Å². The van der Waals surface area contributed by atoms with E-state index >= 15 is 0 Å². The van der Waals surface area contributed by atoms with E-state index in [-0.39, 0.29) is 17.0 Å². The lowest BCUT2D eigenvalue weighted by atomic mass is 9.95. The van der Waals surface area contributed by atoms with Crippen molar-refractivity contribution in [1.82, 2.24) is 13.9 Å². The lowest BCUT2D eigenvalue weighted by Gasteiger charge is -2.15. The molecule has 1 aromatic heterocycles. The maximum Gasteiger partial charge on any atom is 0.262 e. The van der Waals surface area contributed by atoms with Gasteiger partial charge < -0.3 is 10.3 Å². The Bertz CT molecular complexity index is 726. The van der Waals surface area contributed by atoms with Crippen molar-refractivity contribution in [2.24, 2.45) is 12.8 Å². The zero-order valence-corrected chi connectivity index (χ0v) is 12.6. The monoisotopic (exact) mass is 306 g/mol. The first kappa shape index (κ1) is 14.2. The molecule has 0 saturated carbocycles. The Balaban J connectivity index is 1.86. The molecule has 0 spiro atoms. The molecular formula is C14H18N4O2S. The highest BCUT2D eigenvalue weighted by Gasteiger charge is 2.39. The molecule has 2 heterocycles. The molecule has 1 aromatic carbocycles. The topological polar surface area (TPSA) is 81.2 Å². The lowest BCUT2D eigenvalue weighted by Crippen LogP contribution is -2.32. The normalized spacial score (nSPS) is 23.5. The SMILES string of the molecule is Cn1cnc(S(=O)(=O)N2C[C@@H](N)[C@H](c3ccccc3)C2)c1. The van der Waals surface area contributed by atoms with Crippen molar-refractivity contribution in [3.8, 4) is 0 Å². The highest BCUT2D eigenvalue weighted by atomic mass is 32.2. The van der Waals surface area contributed by atoms with Gasteiger partial charge in [0.1, 0.15) is 0 Å². The van der Waals surface area contributed by atoms with Crippen LogP contribution in [0.15, 0.2) is 47.9 Å². The first-order chi connectivity index (χ1) is 9.98. The molecule has 21 heavy (non-hydrogen) atoms. The molecule has 2 aromatic rings. The molecule has 2 N–H and O–H groups in total. The van der Waals surface area contributed by atoms with Gasteiger partial charge in [0.2, 0.25) is 0 Å². The van der Waals surface area contributed by atoms with Gasteiger partial charge in [-0.3, -0.25) is 0 Å². The molecule has 0 bridgehead atoms. The van der Waals surface area contributed by atoms with Gasteiger partial charge in [-0.05, 0) is 5.56 Å². The molecule has 3 rings (SSSR count). The van der Waals surface area contributed by atoms with Gasteiger partial charge in [0, 0.05) is 38.3 Å². The van der Waals surface area contributed by atoms with Gasteiger partial charge in [-0.15, -0.1) is 0 Å². The summed E-state index contributed by atoms with van der Waals surface area (Å²) in [7, 11) is -1.83. The van der Waals surface area contributed by atoms with Crippen molar-refractivity contribution in [2.45, 2.75) is 17.0 Å². The molecule has 1 aliphatic rings. The standard InChI is InChI=1S/C14H18N4O2S/c1-17-9-14(16-10-17)21(19,20)18-7-12(13(15)8-18)11-5-3-2-4-6-11/h2-6,9-10,12-13H,7-8,15H2,1H3/t12-,13+/m0/s1. The number of sulfonamides is 1. The first-order valence-corrected chi connectivity index (χ1v) is 8.21. The smallest absolute Gasteiger partial charge is 0.262 e. The van der Waals surface area contributed by atoms with Gasteiger partial charge in [-0.25, -0.2) is 13.4 Å². The maximum absolute atomic E-state index is 12.6. The predicted molar refractivity (Wildman–Crippen MR) is 79.1 cm³/mol. The van der Waals surface area contributed by atoms with Crippen molar-refractivity contribution in [3.63, 3.8) is 0 Å². The summed E-state index contributed by atoms with van der Waals surface area (Å²) in [5.41, 5.74) is 7.22. The third-order valence-corrected chi connectivity index (χ3v) is 5.56. The summed E-state index contributed by atoms with van der Waals surface area (Å²) in [5.74, 6) is 0.0182. The van der Waals surface area contributed by atoms with E-state index in [2.05, 4.69) is 4.98 Å². The van der Waals surface area contributed by atoms with E-state index in [1.54, 1.807) is 11.6 Å². The van der Waals surface area contributed by atoms with Crippen LogP contribution in [0, 0.1) is 0 Å². The third kappa shape index (κ3) is 2.59. The van der Waals surface area contributed by atoms with Crippen LogP contribution in [0.4, 0.5) is 0 Å². The Hall–Kier alpha value is -1.70. The fraction of sp³-hybridized carbons (Fsp3) is 0.357. The molecule has 1 saturated heterocycles. The van der Waals surface area contributed by atoms with E-state index < -0.39 is 10.0 Å².